The first-order valence-electron chi connectivity index (χ1n) is 10.7. The van der Waals surface area contributed by atoms with Crippen molar-refractivity contribution in [1.82, 2.24) is 4.90 Å². The van der Waals surface area contributed by atoms with Crippen molar-refractivity contribution in [3.05, 3.63) is 112 Å². The van der Waals surface area contributed by atoms with E-state index in [4.69, 9.17) is 0 Å². The zero-order valence-corrected chi connectivity index (χ0v) is 17.7. The lowest BCUT2D eigenvalue weighted by molar-refractivity contribution is 0.0827. The van der Waals surface area contributed by atoms with Crippen molar-refractivity contribution < 1.29 is 4.79 Å². The van der Waals surface area contributed by atoms with Crippen LogP contribution in [0.15, 0.2) is 78.4 Å². The first-order chi connectivity index (χ1) is 14.5. The number of hydrogen-bond donors (Lipinski definition) is 0. The predicted octanol–water partition coefficient (Wildman–Crippen LogP) is 5.36. The van der Waals surface area contributed by atoms with Gasteiger partial charge >= 0.3 is 0 Å². The molecular weight excluding hydrogens is 366 g/mol. The van der Waals surface area contributed by atoms with Gasteiger partial charge in [0.1, 0.15) is 0 Å². The van der Waals surface area contributed by atoms with E-state index in [1.54, 1.807) is 24.6 Å². The van der Waals surface area contributed by atoms with Gasteiger partial charge in [-0.25, -0.2) is 0 Å². The number of hydrogen-bond acceptors (Lipinski definition) is 1. The summed E-state index contributed by atoms with van der Waals surface area (Å²) in [5.74, 6) is 0.0542. The molecule has 0 atom stereocenters. The Bertz CT molecular complexity index is 1110. The van der Waals surface area contributed by atoms with Crippen LogP contribution in [0.4, 0.5) is 0 Å². The average molecular weight is 394 g/mol. The minimum absolute atomic E-state index is 0.0542. The van der Waals surface area contributed by atoms with Gasteiger partial charge in [0, 0.05) is 25.1 Å². The smallest absolute Gasteiger partial charge is 0.253 e. The van der Waals surface area contributed by atoms with E-state index in [-0.39, 0.29) is 11.3 Å². The number of carbonyl (C=O) groups is 1. The Kier molecular flexibility index (Phi) is 4.58. The Morgan fingerprint density at radius 2 is 1.43 bits per heavy atom. The molecule has 0 fully saturated rings. The third-order valence-corrected chi connectivity index (χ3v) is 6.77. The van der Waals surface area contributed by atoms with E-state index in [2.05, 4.69) is 66.7 Å². The van der Waals surface area contributed by atoms with Crippen LogP contribution in [-0.4, -0.2) is 24.9 Å². The van der Waals surface area contributed by atoms with Crippen LogP contribution in [0.5, 0.6) is 0 Å². The second kappa shape index (κ2) is 7.28. The summed E-state index contributed by atoms with van der Waals surface area (Å²) in [7, 11) is 3.59. The van der Waals surface area contributed by atoms with Gasteiger partial charge in [-0.05, 0) is 65.6 Å². The van der Waals surface area contributed by atoms with Crippen LogP contribution in [-0.2, 0) is 25.7 Å². The molecule has 2 nitrogen and oxygen atoms in total. The van der Waals surface area contributed by atoms with Crippen LogP contribution in [0, 0.1) is 5.41 Å². The molecule has 0 radical (unpaired) electrons. The number of allylic oxidation sites excluding steroid dienone is 1. The summed E-state index contributed by atoms with van der Waals surface area (Å²) in [5.41, 5.74) is 9.48. The Morgan fingerprint density at radius 1 is 0.833 bits per heavy atom. The molecule has 2 aliphatic carbocycles. The Balaban J connectivity index is 1.49. The molecule has 0 aliphatic heterocycles. The van der Waals surface area contributed by atoms with E-state index in [1.807, 2.05) is 12.1 Å². The fraction of sp³-hybridized carbons (Fsp3) is 0.250. The minimum atomic E-state index is 0.0542. The van der Waals surface area contributed by atoms with Gasteiger partial charge < -0.3 is 4.90 Å². The van der Waals surface area contributed by atoms with Gasteiger partial charge in [-0.3, -0.25) is 4.79 Å². The molecule has 2 aliphatic rings. The fourth-order valence-corrected chi connectivity index (χ4v) is 5.19. The molecule has 0 unspecified atom stereocenters. The normalized spacial score (nSPS) is 16.0. The highest BCUT2D eigenvalue weighted by molar-refractivity contribution is 5.93. The maximum atomic E-state index is 12.3. The lowest BCUT2D eigenvalue weighted by Gasteiger charge is -2.31. The fourth-order valence-electron chi connectivity index (χ4n) is 5.19. The summed E-state index contributed by atoms with van der Waals surface area (Å²) >= 11 is 0. The molecule has 0 N–H and O–H groups in total. The molecule has 0 aromatic heterocycles. The van der Waals surface area contributed by atoms with Crippen LogP contribution in [0.3, 0.4) is 0 Å². The number of amides is 1. The summed E-state index contributed by atoms with van der Waals surface area (Å²) in [6.45, 7) is 0. The highest BCUT2D eigenvalue weighted by atomic mass is 16.2. The second-order valence-electron chi connectivity index (χ2n) is 9.02. The van der Waals surface area contributed by atoms with Crippen LogP contribution >= 0.6 is 0 Å². The number of rotatable bonds is 4. The summed E-state index contributed by atoms with van der Waals surface area (Å²) < 4.78 is 0. The molecule has 0 spiro atoms. The third kappa shape index (κ3) is 3.27. The lowest BCUT2D eigenvalue weighted by Crippen LogP contribution is -2.27. The van der Waals surface area contributed by atoms with Gasteiger partial charge in [0.2, 0.25) is 0 Å². The SMILES string of the molecule is CN(C)C(=O)c1ccc(CC2(C3=Cc4ccccc4C3)Cc3ccccc3C2)cc1. The molecule has 0 heterocycles. The Hall–Kier alpha value is -3.13. The molecule has 30 heavy (non-hydrogen) atoms. The van der Waals surface area contributed by atoms with E-state index in [0.717, 1.165) is 31.2 Å². The van der Waals surface area contributed by atoms with E-state index >= 15 is 0 Å². The van der Waals surface area contributed by atoms with Crippen molar-refractivity contribution >= 4 is 12.0 Å². The highest BCUT2D eigenvalue weighted by Gasteiger charge is 2.41. The molecule has 3 aromatic rings. The molecular formula is C28H27NO. The Labute approximate surface area is 178 Å². The van der Waals surface area contributed by atoms with Crippen molar-refractivity contribution in [3.8, 4) is 0 Å². The maximum Gasteiger partial charge on any atom is 0.253 e. The summed E-state index contributed by atoms with van der Waals surface area (Å²) in [6.07, 6.45) is 6.65. The summed E-state index contributed by atoms with van der Waals surface area (Å²) in [5, 5.41) is 0. The van der Waals surface area contributed by atoms with Gasteiger partial charge in [0.05, 0.1) is 0 Å². The predicted molar refractivity (Wildman–Crippen MR) is 123 cm³/mol. The van der Waals surface area contributed by atoms with E-state index in [0.29, 0.717) is 0 Å². The topological polar surface area (TPSA) is 20.3 Å². The van der Waals surface area contributed by atoms with Crippen molar-refractivity contribution in [2.75, 3.05) is 14.1 Å². The lowest BCUT2D eigenvalue weighted by atomic mass is 9.72. The monoisotopic (exact) mass is 393 g/mol. The first kappa shape index (κ1) is 18.9. The summed E-state index contributed by atoms with van der Waals surface area (Å²) in [4.78, 5) is 13.9. The molecule has 0 saturated carbocycles. The average Bonchev–Trinajstić information content (AvgIpc) is 3.35. The molecule has 150 valence electrons. The number of benzene rings is 3. The first-order valence-corrected chi connectivity index (χ1v) is 10.7. The number of fused-ring (bicyclic) bond motifs is 2. The van der Waals surface area contributed by atoms with Gasteiger partial charge in [0.15, 0.2) is 0 Å². The van der Waals surface area contributed by atoms with Gasteiger partial charge in [0.25, 0.3) is 5.91 Å². The van der Waals surface area contributed by atoms with E-state index < -0.39 is 0 Å². The van der Waals surface area contributed by atoms with Crippen molar-refractivity contribution in [1.29, 1.82) is 0 Å². The van der Waals surface area contributed by atoms with Crippen LogP contribution in [0.2, 0.25) is 0 Å². The number of carbonyl (C=O) groups excluding carboxylic acids is 1. The van der Waals surface area contributed by atoms with Crippen LogP contribution in [0.1, 0.15) is 38.2 Å². The number of nitrogens with zero attached hydrogens (tertiary/aromatic N) is 1. The zero-order valence-electron chi connectivity index (χ0n) is 17.7. The van der Waals surface area contributed by atoms with Crippen LogP contribution < -0.4 is 0 Å². The van der Waals surface area contributed by atoms with Crippen molar-refractivity contribution in [2.45, 2.75) is 25.7 Å². The second-order valence-corrected chi connectivity index (χ2v) is 9.02. The van der Waals surface area contributed by atoms with Crippen molar-refractivity contribution in [2.24, 2.45) is 5.41 Å². The largest absolute Gasteiger partial charge is 0.345 e. The molecule has 1 amide bonds. The zero-order chi connectivity index (χ0) is 20.7. The standard InChI is InChI=1S/C28H27NO/c1-29(2)27(30)21-13-11-20(12-14-21)17-28(18-24-9-5-6-10-25(24)19-28)26-15-22-7-3-4-8-23(22)16-26/h3-15H,16-19H2,1-2H3. The molecule has 3 aromatic carbocycles. The minimum Gasteiger partial charge on any atom is -0.345 e. The van der Waals surface area contributed by atoms with Gasteiger partial charge in [-0.15, -0.1) is 0 Å². The Morgan fingerprint density at radius 3 is 2.03 bits per heavy atom. The molecule has 5 rings (SSSR count). The maximum absolute atomic E-state index is 12.3. The summed E-state index contributed by atoms with van der Waals surface area (Å²) in [6, 6.07) is 25.9. The van der Waals surface area contributed by atoms with Crippen LogP contribution in [0.25, 0.3) is 6.08 Å². The quantitative estimate of drug-likeness (QED) is 0.585. The van der Waals surface area contributed by atoms with Crippen molar-refractivity contribution in [3.63, 3.8) is 0 Å². The third-order valence-electron chi connectivity index (χ3n) is 6.77. The molecule has 0 saturated heterocycles. The van der Waals surface area contributed by atoms with Gasteiger partial charge in [-0.1, -0.05) is 72.3 Å². The molecule has 2 heteroatoms. The molecule has 0 bridgehead atoms. The van der Waals surface area contributed by atoms with Gasteiger partial charge in [-0.2, -0.15) is 0 Å². The highest BCUT2D eigenvalue weighted by Crippen LogP contribution is 2.48. The van der Waals surface area contributed by atoms with E-state index in [1.165, 1.54) is 27.8 Å². The van der Waals surface area contributed by atoms with E-state index in [9.17, 15) is 4.79 Å².